The molecule has 33 heavy (non-hydrogen) atoms. The molecule has 2 fully saturated rings. The fraction of sp³-hybridized carbons (Fsp3) is 0.462. The van der Waals surface area contributed by atoms with Gasteiger partial charge in [-0.15, -0.1) is 0 Å². The van der Waals surface area contributed by atoms with Gasteiger partial charge in [-0.3, -0.25) is 9.59 Å². The van der Waals surface area contributed by atoms with Crippen LogP contribution in [0.4, 0.5) is 5.69 Å². The van der Waals surface area contributed by atoms with Crippen molar-refractivity contribution in [1.82, 2.24) is 4.90 Å². The highest BCUT2D eigenvalue weighted by molar-refractivity contribution is 5.99. The van der Waals surface area contributed by atoms with E-state index < -0.39 is 6.10 Å². The predicted molar refractivity (Wildman–Crippen MR) is 126 cm³/mol. The Kier molecular flexibility index (Phi) is 7.06. The molecule has 7 heteroatoms. The molecule has 2 aliphatic rings. The van der Waals surface area contributed by atoms with Gasteiger partial charge in [0, 0.05) is 38.2 Å². The number of ether oxygens (including phenoxy) is 3. The fourth-order valence-electron chi connectivity index (χ4n) is 4.05. The third kappa shape index (κ3) is 5.41. The summed E-state index contributed by atoms with van der Waals surface area (Å²) < 4.78 is 17.3. The van der Waals surface area contributed by atoms with E-state index in [4.69, 9.17) is 14.2 Å². The summed E-state index contributed by atoms with van der Waals surface area (Å²) in [6.45, 7) is 3.26. The summed E-state index contributed by atoms with van der Waals surface area (Å²) in [6.07, 6.45) is 3.12. The van der Waals surface area contributed by atoms with E-state index >= 15 is 0 Å². The lowest BCUT2D eigenvalue weighted by Crippen LogP contribution is -2.32. The van der Waals surface area contributed by atoms with Crippen LogP contribution in [-0.4, -0.2) is 56.7 Å². The maximum atomic E-state index is 13.0. The highest BCUT2D eigenvalue weighted by atomic mass is 16.5. The maximum absolute atomic E-state index is 13.0. The maximum Gasteiger partial charge on any atom is 0.268 e. The highest BCUT2D eigenvalue weighted by Gasteiger charge is 2.35. The zero-order valence-corrected chi connectivity index (χ0v) is 19.6. The van der Waals surface area contributed by atoms with Gasteiger partial charge in [0.05, 0.1) is 13.7 Å². The Labute approximate surface area is 195 Å². The van der Waals surface area contributed by atoms with Crippen molar-refractivity contribution >= 4 is 17.5 Å². The van der Waals surface area contributed by atoms with E-state index in [1.54, 1.807) is 36.1 Å². The van der Waals surface area contributed by atoms with Crippen molar-refractivity contribution in [3.63, 3.8) is 0 Å². The van der Waals surface area contributed by atoms with Crippen molar-refractivity contribution < 1.29 is 23.8 Å². The molecule has 1 aliphatic carbocycles. The van der Waals surface area contributed by atoms with Crippen molar-refractivity contribution in [3.05, 3.63) is 48.0 Å². The molecule has 0 aromatic heterocycles. The summed E-state index contributed by atoms with van der Waals surface area (Å²) in [5.74, 6) is 2.57. The van der Waals surface area contributed by atoms with Gasteiger partial charge in [0.15, 0.2) is 17.6 Å². The summed E-state index contributed by atoms with van der Waals surface area (Å²) >= 11 is 0. The molecule has 2 aromatic carbocycles. The number of benzene rings is 2. The molecule has 0 unspecified atom stereocenters. The Morgan fingerprint density at radius 3 is 2.52 bits per heavy atom. The number of carbonyl (C=O) groups is 2. The number of likely N-dealkylation sites (N-methyl/N-ethyl adjacent to an activating group) is 1. The van der Waals surface area contributed by atoms with E-state index in [-0.39, 0.29) is 11.8 Å². The topological polar surface area (TPSA) is 68.3 Å². The third-order valence-electron chi connectivity index (χ3n) is 6.23. The molecule has 1 atom stereocenters. The van der Waals surface area contributed by atoms with Crippen molar-refractivity contribution in [3.8, 4) is 17.2 Å². The summed E-state index contributed by atoms with van der Waals surface area (Å²) in [5, 5.41) is 0. The average molecular weight is 453 g/mol. The number of methoxy groups -OCH3 is 1. The van der Waals surface area contributed by atoms with Gasteiger partial charge in [-0.1, -0.05) is 19.1 Å². The van der Waals surface area contributed by atoms with Gasteiger partial charge in [-0.05, 0) is 48.6 Å². The van der Waals surface area contributed by atoms with E-state index in [1.165, 1.54) is 18.4 Å². The lowest BCUT2D eigenvalue weighted by atomic mass is 10.1. The first-order chi connectivity index (χ1) is 16.0. The standard InChI is InChI=1S/C26H32N2O5/c1-4-25(29)27(2)15-16-32-22-12-9-20(17-24(22)31-3)28-14-13-23(26(28)30)33-21-10-7-19(8-11-21)18-5-6-18/h7-12,17-18,23H,4-6,13-16H2,1-3H3/t23-/m0/s1. The van der Waals surface area contributed by atoms with Gasteiger partial charge in [0.1, 0.15) is 12.4 Å². The van der Waals surface area contributed by atoms with Crippen LogP contribution in [0.1, 0.15) is 44.1 Å². The summed E-state index contributed by atoms with van der Waals surface area (Å²) in [6, 6.07) is 13.6. The van der Waals surface area contributed by atoms with Gasteiger partial charge < -0.3 is 24.0 Å². The first-order valence-electron chi connectivity index (χ1n) is 11.6. The van der Waals surface area contributed by atoms with E-state index in [2.05, 4.69) is 12.1 Å². The van der Waals surface area contributed by atoms with Crippen molar-refractivity contribution in [2.24, 2.45) is 0 Å². The molecular weight excluding hydrogens is 420 g/mol. The lowest BCUT2D eigenvalue weighted by molar-refractivity contribution is -0.129. The molecule has 2 amide bonds. The van der Waals surface area contributed by atoms with Crippen LogP contribution in [0.15, 0.2) is 42.5 Å². The second-order valence-electron chi connectivity index (χ2n) is 8.58. The van der Waals surface area contributed by atoms with Gasteiger partial charge in [0.25, 0.3) is 5.91 Å². The molecule has 1 saturated carbocycles. The number of amides is 2. The molecule has 1 saturated heterocycles. The van der Waals surface area contributed by atoms with Gasteiger partial charge in [-0.25, -0.2) is 0 Å². The van der Waals surface area contributed by atoms with Crippen LogP contribution >= 0.6 is 0 Å². The second-order valence-corrected chi connectivity index (χ2v) is 8.58. The average Bonchev–Trinajstić information content (AvgIpc) is 3.63. The Morgan fingerprint density at radius 2 is 1.85 bits per heavy atom. The van der Waals surface area contributed by atoms with Crippen LogP contribution in [0.2, 0.25) is 0 Å². The first kappa shape index (κ1) is 23.0. The Hall–Kier alpha value is -3.22. The predicted octanol–water partition coefficient (Wildman–Crippen LogP) is 4.00. The number of hydrogen-bond donors (Lipinski definition) is 0. The lowest BCUT2D eigenvalue weighted by Gasteiger charge is -2.20. The molecule has 176 valence electrons. The van der Waals surface area contributed by atoms with Crippen LogP contribution in [0.3, 0.4) is 0 Å². The number of nitrogens with zero attached hydrogens (tertiary/aromatic N) is 2. The Bertz CT molecular complexity index is 987. The van der Waals surface area contributed by atoms with Crippen LogP contribution in [-0.2, 0) is 9.59 Å². The largest absolute Gasteiger partial charge is 0.493 e. The monoisotopic (exact) mass is 452 g/mol. The Balaban J connectivity index is 1.36. The molecule has 1 aliphatic heterocycles. The fourth-order valence-corrected chi connectivity index (χ4v) is 4.05. The molecule has 2 aromatic rings. The van der Waals surface area contributed by atoms with Crippen LogP contribution < -0.4 is 19.1 Å². The number of rotatable bonds is 10. The molecule has 0 bridgehead atoms. The van der Waals surface area contributed by atoms with Crippen LogP contribution in [0.5, 0.6) is 17.2 Å². The summed E-state index contributed by atoms with van der Waals surface area (Å²) in [5.41, 5.74) is 2.09. The molecular formula is C26H32N2O5. The molecule has 0 spiro atoms. The SMILES string of the molecule is CCC(=O)N(C)CCOc1ccc(N2CC[C@H](Oc3ccc(C4CC4)cc3)C2=O)cc1OC. The van der Waals surface area contributed by atoms with Crippen molar-refractivity contribution in [2.45, 2.75) is 44.6 Å². The Morgan fingerprint density at radius 1 is 1.09 bits per heavy atom. The van der Waals surface area contributed by atoms with Crippen molar-refractivity contribution in [2.75, 3.05) is 38.8 Å². The summed E-state index contributed by atoms with van der Waals surface area (Å²) in [7, 11) is 3.33. The molecule has 7 nitrogen and oxygen atoms in total. The normalized spacial score (nSPS) is 17.7. The number of carbonyl (C=O) groups excluding carboxylic acids is 2. The number of anilines is 1. The minimum atomic E-state index is -0.495. The molecule has 0 radical (unpaired) electrons. The molecule has 0 N–H and O–H groups in total. The van der Waals surface area contributed by atoms with E-state index in [9.17, 15) is 9.59 Å². The summed E-state index contributed by atoms with van der Waals surface area (Å²) in [4.78, 5) is 28.1. The van der Waals surface area contributed by atoms with Gasteiger partial charge in [0.2, 0.25) is 5.91 Å². The van der Waals surface area contributed by atoms with E-state index in [0.29, 0.717) is 50.0 Å². The zero-order chi connectivity index (χ0) is 23.4. The highest BCUT2D eigenvalue weighted by Crippen LogP contribution is 2.40. The first-order valence-corrected chi connectivity index (χ1v) is 11.6. The third-order valence-corrected chi connectivity index (χ3v) is 6.23. The minimum absolute atomic E-state index is 0.0586. The number of hydrogen-bond acceptors (Lipinski definition) is 5. The minimum Gasteiger partial charge on any atom is -0.493 e. The van der Waals surface area contributed by atoms with E-state index in [1.807, 2.05) is 25.1 Å². The van der Waals surface area contributed by atoms with Crippen molar-refractivity contribution in [1.29, 1.82) is 0 Å². The molecule has 1 heterocycles. The van der Waals surface area contributed by atoms with Gasteiger partial charge >= 0.3 is 0 Å². The van der Waals surface area contributed by atoms with E-state index in [0.717, 1.165) is 11.4 Å². The second kappa shape index (κ2) is 10.1. The van der Waals surface area contributed by atoms with Crippen LogP contribution in [0.25, 0.3) is 0 Å². The molecule has 4 rings (SSSR count). The van der Waals surface area contributed by atoms with Gasteiger partial charge in [-0.2, -0.15) is 0 Å². The quantitative estimate of drug-likeness (QED) is 0.545. The zero-order valence-electron chi connectivity index (χ0n) is 19.6. The van der Waals surface area contributed by atoms with Crippen LogP contribution in [0, 0.1) is 0 Å². The smallest absolute Gasteiger partial charge is 0.268 e.